The average molecular weight is 297 g/mol. The van der Waals surface area contributed by atoms with Crippen LogP contribution in [0.1, 0.15) is 88.1 Å². The van der Waals surface area contributed by atoms with E-state index in [4.69, 9.17) is 0 Å². The van der Waals surface area contributed by atoms with E-state index < -0.39 is 0 Å². The van der Waals surface area contributed by atoms with Crippen LogP contribution in [-0.2, 0) is 0 Å². The molecule has 1 rings (SSSR count). The summed E-state index contributed by atoms with van der Waals surface area (Å²) in [5.41, 5.74) is 0. The maximum absolute atomic E-state index is 4.52. The van der Waals surface area contributed by atoms with Gasteiger partial charge in [0.1, 0.15) is 5.01 Å². The van der Waals surface area contributed by atoms with Gasteiger partial charge in [-0.1, -0.05) is 52.4 Å². The number of aromatic nitrogens is 1. The Morgan fingerprint density at radius 2 is 1.70 bits per heavy atom. The molecule has 0 aromatic carbocycles. The highest BCUT2D eigenvalue weighted by Crippen LogP contribution is 2.21. The molecule has 116 valence electrons. The van der Waals surface area contributed by atoms with E-state index >= 15 is 0 Å². The first-order valence-electron chi connectivity index (χ1n) is 8.35. The number of rotatable bonds is 11. The van der Waals surface area contributed by atoms with Crippen LogP contribution >= 0.6 is 11.3 Å². The van der Waals surface area contributed by atoms with Gasteiger partial charge in [-0.3, -0.25) is 0 Å². The lowest BCUT2D eigenvalue weighted by Crippen LogP contribution is -2.31. The minimum absolute atomic E-state index is 0.391. The van der Waals surface area contributed by atoms with Gasteiger partial charge >= 0.3 is 0 Å². The van der Waals surface area contributed by atoms with Crippen LogP contribution in [0.4, 0.5) is 0 Å². The van der Waals surface area contributed by atoms with E-state index in [0.29, 0.717) is 12.1 Å². The zero-order chi connectivity index (χ0) is 14.8. The van der Waals surface area contributed by atoms with E-state index in [1.165, 1.54) is 61.3 Å². The second-order valence-electron chi connectivity index (χ2n) is 5.89. The van der Waals surface area contributed by atoms with E-state index in [2.05, 4.69) is 38.0 Å². The van der Waals surface area contributed by atoms with Gasteiger partial charge < -0.3 is 5.32 Å². The Kier molecular flexibility index (Phi) is 9.12. The Hall–Kier alpha value is -0.410. The van der Waals surface area contributed by atoms with Gasteiger partial charge in [-0.25, -0.2) is 4.98 Å². The van der Waals surface area contributed by atoms with Crippen molar-refractivity contribution in [2.75, 3.05) is 0 Å². The van der Waals surface area contributed by atoms with Gasteiger partial charge in [0.15, 0.2) is 0 Å². The second-order valence-corrected chi connectivity index (χ2v) is 7.15. The van der Waals surface area contributed by atoms with Crippen LogP contribution in [0.3, 0.4) is 0 Å². The van der Waals surface area contributed by atoms with Crippen molar-refractivity contribution in [2.24, 2.45) is 0 Å². The lowest BCUT2D eigenvalue weighted by atomic mass is 10.0. The fraction of sp³-hybridized carbons (Fsp3) is 0.824. The summed E-state index contributed by atoms with van der Waals surface area (Å²) >= 11 is 1.82. The summed E-state index contributed by atoms with van der Waals surface area (Å²) in [6.07, 6.45) is 12.6. The van der Waals surface area contributed by atoms with Crippen LogP contribution in [0, 0.1) is 6.92 Å². The Balaban J connectivity index is 2.44. The first-order chi connectivity index (χ1) is 9.67. The Labute approximate surface area is 129 Å². The van der Waals surface area contributed by atoms with E-state index in [-0.39, 0.29) is 0 Å². The molecule has 1 heterocycles. The third-order valence-corrected chi connectivity index (χ3v) is 4.90. The van der Waals surface area contributed by atoms with Crippen LogP contribution in [0.5, 0.6) is 0 Å². The van der Waals surface area contributed by atoms with E-state index in [1.54, 1.807) is 0 Å². The number of thiazole rings is 1. The SMILES string of the molecule is CCCCCC(CCCCC)NC(C)c1ncc(C)s1. The minimum atomic E-state index is 0.391. The summed E-state index contributed by atoms with van der Waals surface area (Å²) in [7, 11) is 0. The first kappa shape index (κ1) is 17.6. The monoisotopic (exact) mass is 296 g/mol. The Morgan fingerprint density at radius 3 is 2.15 bits per heavy atom. The normalized spacial score (nSPS) is 13.1. The maximum atomic E-state index is 4.52. The molecule has 1 aromatic rings. The fourth-order valence-electron chi connectivity index (χ4n) is 2.59. The Morgan fingerprint density at radius 1 is 1.10 bits per heavy atom. The van der Waals surface area contributed by atoms with Crippen molar-refractivity contribution in [2.45, 2.75) is 91.1 Å². The van der Waals surface area contributed by atoms with Crippen molar-refractivity contribution in [3.8, 4) is 0 Å². The fourth-order valence-corrected chi connectivity index (χ4v) is 3.38. The van der Waals surface area contributed by atoms with E-state index in [9.17, 15) is 0 Å². The molecule has 1 atom stereocenters. The highest BCUT2D eigenvalue weighted by atomic mass is 32.1. The van der Waals surface area contributed by atoms with Crippen LogP contribution in [0.25, 0.3) is 0 Å². The maximum Gasteiger partial charge on any atom is 0.109 e. The van der Waals surface area contributed by atoms with Crippen LogP contribution in [0.15, 0.2) is 6.20 Å². The molecular formula is C17H32N2S. The van der Waals surface area contributed by atoms with Crippen LogP contribution in [0.2, 0.25) is 0 Å². The summed E-state index contributed by atoms with van der Waals surface area (Å²) in [5.74, 6) is 0. The highest BCUT2D eigenvalue weighted by Gasteiger charge is 2.15. The molecule has 20 heavy (non-hydrogen) atoms. The molecule has 1 N–H and O–H groups in total. The van der Waals surface area contributed by atoms with Gasteiger partial charge in [0.2, 0.25) is 0 Å². The number of hydrogen-bond donors (Lipinski definition) is 1. The molecule has 0 aliphatic carbocycles. The molecular weight excluding hydrogens is 264 g/mol. The van der Waals surface area contributed by atoms with Crippen LogP contribution in [-0.4, -0.2) is 11.0 Å². The van der Waals surface area contributed by atoms with Crippen LogP contribution < -0.4 is 5.32 Å². The zero-order valence-electron chi connectivity index (χ0n) is 13.7. The molecule has 1 unspecified atom stereocenters. The number of unbranched alkanes of at least 4 members (excludes halogenated alkanes) is 4. The minimum Gasteiger partial charge on any atom is -0.305 e. The molecule has 2 nitrogen and oxygen atoms in total. The molecule has 0 radical (unpaired) electrons. The number of nitrogens with one attached hydrogen (secondary N) is 1. The quantitative estimate of drug-likeness (QED) is 0.535. The lowest BCUT2D eigenvalue weighted by molar-refractivity contribution is 0.384. The molecule has 0 amide bonds. The first-order valence-corrected chi connectivity index (χ1v) is 9.17. The molecule has 0 saturated heterocycles. The summed E-state index contributed by atoms with van der Waals surface area (Å²) in [6, 6.07) is 1.05. The predicted molar refractivity (Wildman–Crippen MR) is 90.5 cm³/mol. The van der Waals surface area contributed by atoms with Crippen molar-refractivity contribution in [1.82, 2.24) is 10.3 Å². The Bertz CT molecular complexity index is 339. The average Bonchev–Trinajstić information content (AvgIpc) is 2.86. The van der Waals surface area contributed by atoms with E-state index in [0.717, 1.165) is 0 Å². The summed E-state index contributed by atoms with van der Waals surface area (Å²) in [5, 5.41) is 5.05. The largest absolute Gasteiger partial charge is 0.305 e. The van der Waals surface area contributed by atoms with E-state index in [1.807, 2.05) is 17.5 Å². The van der Waals surface area contributed by atoms with Gasteiger partial charge in [-0.15, -0.1) is 11.3 Å². The van der Waals surface area contributed by atoms with Crippen molar-refractivity contribution in [3.63, 3.8) is 0 Å². The standard InChI is InChI=1S/C17H32N2S/c1-5-7-9-11-16(12-10-8-6-2)19-15(4)17-18-13-14(3)20-17/h13,15-16,19H,5-12H2,1-4H3. The molecule has 3 heteroatoms. The topological polar surface area (TPSA) is 24.9 Å². The molecule has 0 aliphatic heterocycles. The summed E-state index contributed by atoms with van der Waals surface area (Å²) < 4.78 is 0. The smallest absolute Gasteiger partial charge is 0.109 e. The molecule has 0 spiro atoms. The van der Waals surface area contributed by atoms with Crippen molar-refractivity contribution >= 4 is 11.3 Å². The van der Waals surface area contributed by atoms with Gasteiger partial charge in [-0.05, 0) is 26.7 Å². The molecule has 0 fully saturated rings. The number of aryl methyl sites for hydroxylation is 1. The molecule has 0 aliphatic rings. The third kappa shape index (κ3) is 6.85. The van der Waals surface area contributed by atoms with Gasteiger partial charge in [0, 0.05) is 17.1 Å². The van der Waals surface area contributed by atoms with Gasteiger partial charge in [-0.2, -0.15) is 0 Å². The van der Waals surface area contributed by atoms with Crippen molar-refractivity contribution in [1.29, 1.82) is 0 Å². The van der Waals surface area contributed by atoms with Crippen molar-refractivity contribution < 1.29 is 0 Å². The third-order valence-electron chi connectivity index (χ3n) is 3.81. The number of hydrogen-bond acceptors (Lipinski definition) is 3. The highest BCUT2D eigenvalue weighted by molar-refractivity contribution is 7.11. The van der Waals surface area contributed by atoms with Gasteiger partial charge in [0.05, 0.1) is 6.04 Å². The predicted octanol–water partition coefficient (Wildman–Crippen LogP) is 5.63. The lowest BCUT2D eigenvalue weighted by Gasteiger charge is -2.22. The zero-order valence-corrected chi connectivity index (χ0v) is 14.6. The summed E-state index contributed by atoms with van der Waals surface area (Å²) in [6.45, 7) is 8.94. The molecule has 0 bridgehead atoms. The van der Waals surface area contributed by atoms with Gasteiger partial charge in [0.25, 0.3) is 0 Å². The molecule has 0 saturated carbocycles. The molecule has 1 aromatic heterocycles. The second kappa shape index (κ2) is 10.3. The van der Waals surface area contributed by atoms with Crippen molar-refractivity contribution in [3.05, 3.63) is 16.1 Å². The number of nitrogens with zero attached hydrogens (tertiary/aromatic N) is 1. The summed E-state index contributed by atoms with van der Waals surface area (Å²) in [4.78, 5) is 5.83.